The molecule has 1 aliphatic carbocycles. The second kappa shape index (κ2) is 6.47. The second-order valence-corrected chi connectivity index (χ2v) is 5.56. The molecular weight excluding hydrogens is 272 g/mol. The van der Waals surface area contributed by atoms with Crippen molar-refractivity contribution >= 4 is 17.7 Å². The summed E-state index contributed by atoms with van der Waals surface area (Å²) >= 11 is 0. The fourth-order valence-corrected chi connectivity index (χ4v) is 2.57. The lowest BCUT2D eigenvalue weighted by atomic mass is 9.87. The molecule has 0 atom stereocenters. The van der Waals surface area contributed by atoms with E-state index in [0.29, 0.717) is 5.92 Å². The quantitative estimate of drug-likeness (QED) is 0.644. The molecule has 1 aliphatic rings. The Labute approximate surface area is 123 Å². The van der Waals surface area contributed by atoms with Gasteiger partial charge in [-0.05, 0) is 43.7 Å². The lowest BCUT2D eigenvalue weighted by Gasteiger charge is -2.27. The summed E-state index contributed by atoms with van der Waals surface area (Å²) in [5.41, 5.74) is -0.143. The van der Waals surface area contributed by atoms with E-state index in [-0.39, 0.29) is 17.3 Å². The van der Waals surface area contributed by atoms with Crippen molar-refractivity contribution in [2.24, 2.45) is 5.92 Å². The van der Waals surface area contributed by atoms with Gasteiger partial charge in [0.25, 0.3) is 0 Å². The molecule has 1 aromatic rings. The van der Waals surface area contributed by atoms with Gasteiger partial charge in [-0.25, -0.2) is 9.59 Å². The zero-order chi connectivity index (χ0) is 15.4. The van der Waals surface area contributed by atoms with E-state index in [2.05, 4.69) is 17.6 Å². The standard InChI is InChI=1S/C15H20N2O4/c1-9-5-7-10(8-6-9)16-15(21)17-12-4-2-3-11(13(12)18)14(19)20/h2-4,9-10,18H,5-8H2,1H3,(H,19,20)(H2,16,17,21). The Bertz CT molecular complexity index is 536. The van der Waals surface area contributed by atoms with Gasteiger partial charge in [0, 0.05) is 6.04 Å². The largest absolute Gasteiger partial charge is 0.505 e. The van der Waals surface area contributed by atoms with Gasteiger partial charge in [0.1, 0.15) is 5.56 Å². The van der Waals surface area contributed by atoms with Gasteiger partial charge in [-0.2, -0.15) is 0 Å². The molecule has 1 fully saturated rings. The summed E-state index contributed by atoms with van der Waals surface area (Å²) in [6.07, 6.45) is 4.06. The van der Waals surface area contributed by atoms with Crippen LogP contribution >= 0.6 is 0 Å². The maximum Gasteiger partial charge on any atom is 0.339 e. The Morgan fingerprint density at radius 2 is 1.86 bits per heavy atom. The summed E-state index contributed by atoms with van der Waals surface area (Å²) in [5.74, 6) is -0.974. The third kappa shape index (κ3) is 3.87. The Morgan fingerprint density at radius 3 is 2.48 bits per heavy atom. The number of carbonyl (C=O) groups is 2. The fourth-order valence-electron chi connectivity index (χ4n) is 2.57. The lowest BCUT2D eigenvalue weighted by Crippen LogP contribution is -2.39. The van der Waals surface area contributed by atoms with Crippen molar-refractivity contribution in [1.82, 2.24) is 5.32 Å². The molecule has 4 N–H and O–H groups in total. The number of rotatable bonds is 3. The average molecular weight is 292 g/mol. The molecule has 2 amide bonds. The van der Waals surface area contributed by atoms with E-state index in [4.69, 9.17) is 5.11 Å². The summed E-state index contributed by atoms with van der Waals surface area (Å²) in [6.45, 7) is 2.20. The first-order valence-corrected chi connectivity index (χ1v) is 7.10. The number of anilines is 1. The van der Waals surface area contributed by atoms with Crippen LogP contribution in [0.1, 0.15) is 43.0 Å². The maximum atomic E-state index is 11.9. The normalized spacial score (nSPS) is 21.6. The van der Waals surface area contributed by atoms with E-state index >= 15 is 0 Å². The van der Waals surface area contributed by atoms with Crippen LogP contribution in [0.4, 0.5) is 10.5 Å². The van der Waals surface area contributed by atoms with E-state index in [0.717, 1.165) is 25.7 Å². The number of hydrogen-bond acceptors (Lipinski definition) is 3. The summed E-state index contributed by atoms with van der Waals surface area (Å²) in [6, 6.07) is 3.92. The summed E-state index contributed by atoms with van der Waals surface area (Å²) in [7, 11) is 0. The molecule has 0 aliphatic heterocycles. The van der Waals surface area contributed by atoms with Gasteiger partial charge >= 0.3 is 12.0 Å². The molecule has 6 heteroatoms. The molecule has 0 saturated heterocycles. The third-order valence-electron chi connectivity index (χ3n) is 3.87. The van der Waals surface area contributed by atoms with Crippen molar-refractivity contribution in [2.75, 3.05) is 5.32 Å². The topological polar surface area (TPSA) is 98.7 Å². The average Bonchev–Trinajstić information content (AvgIpc) is 2.43. The molecule has 21 heavy (non-hydrogen) atoms. The van der Waals surface area contributed by atoms with Crippen LogP contribution in [0.2, 0.25) is 0 Å². The van der Waals surface area contributed by atoms with Gasteiger partial charge in [0.15, 0.2) is 5.75 Å². The predicted octanol–water partition coefficient (Wildman–Crippen LogP) is 2.79. The molecule has 2 rings (SSSR count). The van der Waals surface area contributed by atoms with E-state index < -0.39 is 17.7 Å². The highest BCUT2D eigenvalue weighted by molar-refractivity contribution is 5.97. The van der Waals surface area contributed by atoms with Crippen molar-refractivity contribution < 1.29 is 19.8 Å². The summed E-state index contributed by atoms with van der Waals surface area (Å²) < 4.78 is 0. The number of aromatic hydroxyl groups is 1. The molecule has 1 saturated carbocycles. The van der Waals surface area contributed by atoms with Gasteiger partial charge in [-0.1, -0.05) is 13.0 Å². The van der Waals surface area contributed by atoms with Crippen LogP contribution in [0.3, 0.4) is 0 Å². The summed E-state index contributed by atoms with van der Waals surface area (Å²) in [4.78, 5) is 22.8. The number of para-hydroxylation sites is 1. The fraction of sp³-hybridized carbons (Fsp3) is 0.467. The van der Waals surface area contributed by atoms with Gasteiger partial charge < -0.3 is 20.8 Å². The Kier molecular flexibility index (Phi) is 4.67. The van der Waals surface area contributed by atoms with Crippen molar-refractivity contribution in [3.05, 3.63) is 23.8 Å². The number of hydrogen-bond donors (Lipinski definition) is 4. The van der Waals surface area contributed by atoms with Crippen LogP contribution < -0.4 is 10.6 Å². The van der Waals surface area contributed by atoms with Crippen molar-refractivity contribution in [1.29, 1.82) is 0 Å². The van der Waals surface area contributed by atoms with Crippen LogP contribution in [-0.4, -0.2) is 28.3 Å². The Morgan fingerprint density at radius 1 is 1.19 bits per heavy atom. The van der Waals surface area contributed by atoms with E-state index in [1.54, 1.807) is 0 Å². The highest BCUT2D eigenvalue weighted by Gasteiger charge is 2.20. The minimum absolute atomic E-state index is 0.0941. The van der Waals surface area contributed by atoms with E-state index in [1.807, 2.05) is 0 Å². The molecule has 0 unspecified atom stereocenters. The van der Waals surface area contributed by atoms with E-state index in [1.165, 1.54) is 18.2 Å². The zero-order valence-electron chi connectivity index (χ0n) is 11.9. The SMILES string of the molecule is CC1CCC(NC(=O)Nc2cccc(C(=O)O)c2O)CC1. The highest BCUT2D eigenvalue weighted by Crippen LogP contribution is 2.28. The number of benzene rings is 1. The Balaban J connectivity index is 1.97. The minimum Gasteiger partial charge on any atom is -0.505 e. The van der Waals surface area contributed by atoms with Crippen LogP contribution in [0.5, 0.6) is 5.75 Å². The van der Waals surface area contributed by atoms with Gasteiger partial charge in [-0.3, -0.25) is 0 Å². The van der Waals surface area contributed by atoms with Crippen LogP contribution in [0.15, 0.2) is 18.2 Å². The number of amides is 2. The molecule has 1 aromatic carbocycles. The maximum absolute atomic E-state index is 11.9. The number of phenols is 1. The second-order valence-electron chi connectivity index (χ2n) is 5.56. The summed E-state index contributed by atoms with van der Waals surface area (Å²) in [5, 5.41) is 24.1. The molecule has 0 spiro atoms. The number of carbonyl (C=O) groups excluding carboxylic acids is 1. The third-order valence-corrected chi connectivity index (χ3v) is 3.87. The minimum atomic E-state index is -1.24. The number of carboxylic acids is 1. The predicted molar refractivity (Wildman–Crippen MR) is 78.6 cm³/mol. The number of nitrogens with one attached hydrogen (secondary N) is 2. The number of urea groups is 1. The zero-order valence-corrected chi connectivity index (χ0v) is 11.9. The van der Waals surface area contributed by atoms with Crippen molar-refractivity contribution in [3.8, 4) is 5.75 Å². The Hall–Kier alpha value is -2.24. The molecule has 0 heterocycles. The molecule has 114 valence electrons. The smallest absolute Gasteiger partial charge is 0.339 e. The van der Waals surface area contributed by atoms with Gasteiger partial charge in [-0.15, -0.1) is 0 Å². The van der Waals surface area contributed by atoms with Crippen LogP contribution in [-0.2, 0) is 0 Å². The first-order chi connectivity index (χ1) is 9.97. The van der Waals surface area contributed by atoms with Crippen LogP contribution in [0.25, 0.3) is 0 Å². The molecular formula is C15H20N2O4. The first kappa shape index (κ1) is 15.2. The molecule has 0 radical (unpaired) electrons. The van der Waals surface area contributed by atoms with Crippen LogP contribution in [0, 0.1) is 5.92 Å². The molecule has 0 aromatic heterocycles. The van der Waals surface area contributed by atoms with E-state index in [9.17, 15) is 14.7 Å². The first-order valence-electron chi connectivity index (χ1n) is 7.10. The van der Waals surface area contributed by atoms with Crippen molar-refractivity contribution in [2.45, 2.75) is 38.6 Å². The lowest BCUT2D eigenvalue weighted by molar-refractivity contribution is 0.0693. The van der Waals surface area contributed by atoms with Gasteiger partial charge in [0.2, 0.25) is 0 Å². The monoisotopic (exact) mass is 292 g/mol. The number of aromatic carboxylic acids is 1. The van der Waals surface area contributed by atoms with Crippen molar-refractivity contribution in [3.63, 3.8) is 0 Å². The van der Waals surface area contributed by atoms with Gasteiger partial charge in [0.05, 0.1) is 5.69 Å². The molecule has 0 bridgehead atoms. The molecule has 6 nitrogen and oxygen atoms in total. The number of carboxylic acid groups (broad SMARTS) is 1. The highest BCUT2D eigenvalue weighted by atomic mass is 16.4.